The monoisotopic (exact) mass is 453 g/mol. The molecule has 2 fully saturated rings. The molecule has 4 heterocycles. The Bertz CT molecular complexity index is 1020. The summed E-state index contributed by atoms with van der Waals surface area (Å²) in [7, 11) is 1.88. The zero-order chi connectivity index (χ0) is 22.8. The third-order valence-corrected chi connectivity index (χ3v) is 6.93. The number of likely N-dealkylation sites (tertiary alicyclic amines) is 1. The molecule has 0 radical (unpaired) electrons. The van der Waals surface area contributed by atoms with Crippen molar-refractivity contribution in [2.75, 3.05) is 51.3 Å². The number of nitrogens with zero attached hydrogens (tertiary/aromatic N) is 4. The standard InChI is InChI=1S/C24H31N5O4/c1-27-15-20(14-25-27)17-2-3-21-22(12-17)33-9-5-19-16-29(6-4-18(19)13-23(30)26-21)24(31)28-7-10-32-11-8-28/h2-3,12,14-15,18-19H,4-11,13,16H2,1H3,(H,26,30)/t18-,19-/m0/s1. The minimum absolute atomic E-state index is 0.00108. The number of morpholine rings is 1. The molecule has 3 amide bonds. The maximum atomic E-state index is 13.0. The lowest BCUT2D eigenvalue weighted by Gasteiger charge is -2.41. The number of piperidine rings is 1. The number of aryl methyl sites for hydroxylation is 1. The first-order valence-electron chi connectivity index (χ1n) is 11.7. The summed E-state index contributed by atoms with van der Waals surface area (Å²) < 4.78 is 13.3. The van der Waals surface area contributed by atoms with Crippen LogP contribution in [0.25, 0.3) is 11.1 Å². The maximum Gasteiger partial charge on any atom is 0.320 e. The quantitative estimate of drug-likeness (QED) is 0.717. The molecule has 9 heteroatoms. The van der Waals surface area contributed by atoms with Gasteiger partial charge in [0.05, 0.1) is 31.7 Å². The summed E-state index contributed by atoms with van der Waals surface area (Å²) in [5.74, 6) is 1.15. The van der Waals surface area contributed by atoms with Gasteiger partial charge in [-0.05, 0) is 42.4 Å². The van der Waals surface area contributed by atoms with E-state index in [2.05, 4.69) is 10.4 Å². The van der Waals surface area contributed by atoms with E-state index in [0.717, 1.165) is 24.0 Å². The smallest absolute Gasteiger partial charge is 0.320 e. The second-order valence-electron chi connectivity index (χ2n) is 9.14. The lowest BCUT2D eigenvalue weighted by molar-refractivity contribution is -0.118. The molecule has 0 aliphatic carbocycles. The number of carbonyl (C=O) groups excluding carboxylic acids is 2. The van der Waals surface area contributed by atoms with Crippen molar-refractivity contribution in [3.05, 3.63) is 30.6 Å². The molecular weight excluding hydrogens is 422 g/mol. The molecule has 3 aliphatic rings. The number of urea groups is 1. The van der Waals surface area contributed by atoms with Crippen LogP contribution in [0.2, 0.25) is 0 Å². The van der Waals surface area contributed by atoms with Crippen molar-refractivity contribution >= 4 is 17.6 Å². The predicted octanol–water partition coefficient (Wildman–Crippen LogP) is 2.59. The topological polar surface area (TPSA) is 88.9 Å². The molecule has 0 bridgehead atoms. The highest BCUT2D eigenvalue weighted by Gasteiger charge is 2.35. The van der Waals surface area contributed by atoms with E-state index in [1.807, 2.05) is 47.4 Å². The molecular formula is C24H31N5O4. The van der Waals surface area contributed by atoms with Crippen LogP contribution in [0.15, 0.2) is 30.6 Å². The van der Waals surface area contributed by atoms with Crippen LogP contribution < -0.4 is 10.1 Å². The molecule has 0 saturated carbocycles. The summed E-state index contributed by atoms with van der Waals surface area (Å²) in [6, 6.07) is 5.92. The van der Waals surface area contributed by atoms with Crippen LogP contribution in [0.4, 0.5) is 10.5 Å². The number of ether oxygens (including phenoxy) is 2. The van der Waals surface area contributed by atoms with E-state index in [1.165, 1.54) is 0 Å². The fraction of sp³-hybridized carbons (Fsp3) is 0.542. The van der Waals surface area contributed by atoms with Gasteiger partial charge in [0.25, 0.3) is 0 Å². The van der Waals surface area contributed by atoms with Crippen molar-refractivity contribution < 1.29 is 19.1 Å². The first-order chi connectivity index (χ1) is 16.1. The van der Waals surface area contributed by atoms with E-state index >= 15 is 0 Å². The average molecular weight is 454 g/mol. The van der Waals surface area contributed by atoms with Gasteiger partial charge < -0.3 is 24.6 Å². The van der Waals surface area contributed by atoms with Crippen LogP contribution in [0.1, 0.15) is 19.3 Å². The van der Waals surface area contributed by atoms with Crippen LogP contribution in [0, 0.1) is 11.8 Å². The Kier molecular flexibility index (Phi) is 6.22. The fourth-order valence-electron chi connectivity index (χ4n) is 5.06. The Morgan fingerprint density at radius 1 is 1.06 bits per heavy atom. The average Bonchev–Trinajstić information content (AvgIpc) is 3.27. The largest absolute Gasteiger partial charge is 0.491 e. The molecule has 1 N–H and O–H groups in total. The number of carbonyl (C=O) groups is 2. The van der Waals surface area contributed by atoms with Crippen molar-refractivity contribution in [1.29, 1.82) is 0 Å². The molecule has 176 valence electrons. The SMILES string of the molecule is Cn1cc(-c2ccc3c(c2)OCC[C@H]2CN(C(=O)N4CCOCC4)CC[C@H]2CC(=O)N3)cn1. The molecule has 9 nitrogen and oxygen atoms in total. The molecule has 2 atom stereocenters. The number of rotatable bonds is 1. The van der Waals surface area contributed by atoms with E-state index in [9.17, 15) is 9.59 Å². The first-order valence-corrected chi connectivity index (χ1v) is 11.7. The minimum atomic E-state index is -0.00108. The van der Waals surface area contributed by atoms with E-state index in [1.54, 1.807) is 4.68 Å². The van der Waals surface area contributed by atoms with E-state index in [4.69, 9.17) is 9.47 Å². The zero-order valence-corrected chi connectivity index (χ0v) is 19.0. The minimum Gasteiger partial charge on any atom is -0.491 e. The Hall–Kier alpha value is -3.07. The first kappa shape index (κ1) is 21.8. The number of hydrogen-bond acceptors (Lipinski definition) is 5. The molecule has 1 aromatic heterocycles. The highest BCUT2D eigenvalue weighted by molar-refractivity contribution is 5.93. The summed E-state index contributed by atoms with van der Waals surface area (Å²) in [6.45, 7) is 4.38. The Morgan fingerprint density at radius 3 is 2.70 bits per heavy atom. The summed E-state index contributed by atoms with van der Waals surface area (Å²) in [4.78, 5) is 29.7. The lowest BCUT2D eigenvalue weighted by atomic mass is 9.81. The number of aromatic nitrogens is 2. The predicted molar refractivity (Wildman–Crippen MR) is 123 cm³/mol. The second kappa shape index (κ2) is 9.43. The molecule has 0 unspecified atom stereocenters. The number of benzene rings is 1. The number of anilines is 1. The number of nitrogens with one attached hydrogen (secondary N) is 1. The van der Waals surface area contributed by atoms with Crippen molar-refractivity contribution in [2.24, 2.45) is 18.9 Å². The van der Waals surface area contributed by atoms with Gasteiger partial charge in [-0.2, -0.15) is 5.10 Å². The summed E-state index contributed by atoms with van der Waals surface area (Å²) >= 11 is 0. The third-order valence-electron chi connectivity index (χ3n) is 6.93. The third kappa shape index (κ3) is 4.83. The van der Waals surface area contributed by atoms with Gasteiger partial charge in [0.1, 0.15) is 5.75 Å². The fourth-order valence-corrected chi connectivity index (χ4v) is 5.06. The highest BCUT2D eigenvalue weighted by Crippen LogP contribution is 2.35. The Labute approximate surface area is 193 Å². The van der Waals surface area contributed by atoms with Crippen molar-refractivity contribution in [1.82, 2.24) is 19.6 Å². The van der Waals surface area contributed by atoms with Gasteiger partial charge in [-0.1, -0.05) is 6.07 Å². The Morgan fingerprint density at radius 2 is 1.91 bits per heavy atom. The van der Waals surface area contributed by atoms with Gasteiger partial charge >= 0.3 is 6.03 Å². The van der Waals surface area contributed by atoms with Crippen LogP contribution in [-0.4, -0.2) is 77.5 Å². The summed E-state index contributed by atoms with van der Waals surface area (Å²) in [5.41, 5.74) is 2.69. The highest BCUT2D eigenvalue weighted by atomic mass is 16.5. The summed E-state index contributed by atoms with van der Waals surface area (Å²) in [6.07, 6.45) is 5.87. The van der Waals surface area contributed by atoms with Gasteiger partial charge in [-0.15, -0.1) is 0 Å². The molecule has 3 aliphatic heterocycles. The second-order valence-corrected chi connectivity index (χ2v) is 9.14. The molecule has 33 heavy (non-hydrogen) atoms. The number of fused-ring (bicyclic) bond motifs is 2. The maximum absolute atomic E-state index is 13.0. The van der Waals surface area contributed by atoms with Crippen LogP contribution >= 0.6 is 0 Å². The van der Waals surface area contributed by atoms with E-state index in [-0.39, 0.29) is 23.8 Å². The van der Waals surface area contributed by atoms with Crippen LogP contribution in [0.3, 0.4) is 0 Å². The molecule has 2 saturated heterocycles. The van der Waals surface area contributed by atoms with Gasteiger partial charge in [0, 0.05) is 51.4 Å². The number of amides is 3. The zero-order valence-electron chi connectivity index (χ0n) is 19.0. The van der Waals surface area contributed by atoms with Crippen LogP contribution in [-0.2, 0) is 16.6 Å². The van der Waals surface area contributed by atoms with Gasteiger partial charge in [-0.25, -0.2) is 4.79 Å². The Balaban J connectivity index is 1.30. The molecule has 5 rings (SSSR count). The summed E-state index contributed by atoms with van der Waals surface area (Å²) in [5, 5.41) is 7.29. The van der Waals surface area contributed by atoms with E-state index in [0.29, 0.717) is 63.9 Å². The van der Waals surface area contributed by atoms with Crippen molar-refractivity contribution in [3.63, 3.8) is 0 Å². The van der Waals surface area contributed by atoms with Crippen LogP contribution in [0.5, 0.6) is 5.75 Å². The lowest BCUT2D eigenvalue weighted by Crippen LogP contribution is -2.52. The van der Waals surface area contributed by atoms with Crippen molar-refractivity contribution in [2.45, 2.75) is 19.3 Å². The van der Waals surface area contributed by atoms with E-state index < -0.39 is 0 Å². The molecule has 2 aromatic rings. The molecule has 0 spiro atoms. The van der Waals surface area contributed by atoms with Gasteiger partial charge in [0.15, 0.2) is 0 Å². The van der Waals surface area contributed by atoms with Gasteiger partial charge in [0.2, 0.25) is 5.91 Å². The molecule has 1 aromatic carbocycles. The number of hydrogen-bond donors (Lipinski definition) is 1. The van der Waals surface area contributed by atoms with Gasteiger partial charge in [-0.3, -0.25) is 9.48 Å². The van der Waals surface area contributed by atoms with Crippen molar-refractivity contribution in [3.8, 4) is 16.9 Å². The normalized spacial score (nSPS) is 23.7.